The maximum Gasteiger partial charge on any atom is 0.416 e. The SMILES string of the molecule is CO.COc1cccc(F)c1CNCC1(F)CCCCC1.O=CCC1CCCC(c2ccc(C(F)(F)F)cc2)C1. The molecule has 2 unspecified atom stereocenters. The van der Waals surface area contributed by atoms with Crippen molar-refractivity contribution in [3.8, 4) is 5.75 Å². The standard InChI is InChI=1S/C15H17F3O.C15H21F2NO.CH4O/c16-15(17,18)14-6-4-12(5-7-14)13-3-1-2-11(10-13)8-9-19;1-19-14-7-5-6-13(16)12(14)10-18-11-15(17)8-3-2-4-9-15;1-2/h4-7,9,11,13H,1-3,8,10H2;5-7,18H,2-4,8-11H2,1H3;2H,1H3. The van der Waals surface area contributed by atoms with E-state index in [0.717, 1.165) is 76.0 Å². The summed E-state index contributed by atoms with van der Waals surface area (Å²) in [5.41, 5.74) is -0.305. The van der Waals surface area contributed by atoms with E-state index < -0.39 is 17.4 Å². The summed E-state index contributed by atoms with van der Waals surface area (Å²) in [5.74, 6) is 0.868. The Balaban J connectivity index is 0.000000264. The molecule has 4 rings (SSSR count). The van der Waals surface area contributed by atoms with Crippen molar-refractivity contribution in [1.29, 1.82) is 0 Å². The maximum absolute atomic E-state index is 14.4. The van der Waals surface area contributed by atoms with Crippen LogP contribution in [-0.4, -0.2) is 37.8 Å². The van der Waals surface area contributed by atoms with E-state index >= 15 is 0 Å². The average Bonchev–Trinajstić information content (AvgIpc) is 2.95. The number of aldehydes is 1. The van der Waals surface area contributed by atoms with Gasteiger partial charge in [-0.25, -0.2) is 8.78 Å². The highest BCUT2D eigenvalue weighted by Crippen LogP contribution is 2.38. The molecular formula is C31H42F5NO3. The Morgan fingerprint density at radius 2 is 1.70 bits per heavy atom. The number of carbonyl (C=O) groups excluding carboxylic acids is 1. The number of aliphatic hydroxyl groups excluding tert-OH is 1. The van der Waals surface area contributed by atoms with E-state index in [1.54, 1.807) is 24.3 Å². The number of benzene rings is 2. The van der Waals surface area contributed by atoms with Gasteiger partial charge in [0.05, 0.1) is 12.7 Å². The topological polar surface area (TPSA) is 58.6 Å². The lowest BCUT2D eigenvalue weighted by molar-refractivity contribution is -0.137. The second-order valence-electron chi connectivity index (χ2n) is 10.5. The van der Waals surface area contributed by atoms with Gasteiger partial charge in [0.1, 0.15) is 23.5 Å². The zero-order chi connectivity index (χ0) is 29.6. The number of rotatable bonds is 8. The maximum atomic E-state index is 14.4. The lowest BCUT2D eigenvalue weighted by Crippen LogP contribution is -2.38. The van der Waals surface area contributed by atoms with Gasteiger partial charge in [-0.05, 0) is 73.8 Å². The molecule has 0 aliphatic heterocycles. The molecule has 0 amide bonds. The monoisotopic (exact) mass is 571 g/mol. The van der Waals surface area contributed by atoms with E-state index in [2.05, 4.69) is 5.32 Å². The van der Waals surface area contributed by atoms with Crippen LogP contribution in [0.15, 0.2) is 42.5 Å². The molecule has 0 radical (unpaired) electrons. The van der Waals surface area contributed by atoms with E-state index in [1.165, 1.54) is 13.2 Å². The number of ether oxygens (including phenoxy) is 1. The number of aliphatic hydroxyl groups is 1. The Kier molecular flexibility index (Phi) is 14.0. The van der Waals surface area contributed by atoms with Gasteiger partial charge in [-0.15, -0.1) is 0 Å². The normalized spacial score (nSPS) is 20.3. The number of hydrogen-bond acceptors (Lipinski definition) is 4. The fraction of sp³-hybridized carbons (Fsp3) is 0.581. The fourth-order valence-corrected chi connectivity index (χ4v) is 5.56. The van der Waals surface area contributed by atoms with Gasteiger partial charge in [0.2, 0.25) is 0 Å². The molecule has 2 aromatic carbocycles. The lowest BCUT2D eigenvalue weighted by Gasteiger charge is -2.29. The van der Waals surface area contributed by atoms with Gasteiger partial charge in [-0.1, -0.05) is 43.9 Å². The lowest BCUT2D eigenvalue weighted by atomic mass is 9.77. The first-order valence-corrected chi connectivity index (χ1v) is 13.9. The Labute approximate surface area is 234 Å². The smallest absolute Gasteiger partial charge is 0.416 e. The Hall–Kier alpha value is -2.52. The number of carbonyl (C=O) groups is 1. The van der Waals surface area contributed by atoms with Crippen molar-refractivity contribution >= 4 is 6.29 Å². The van der Waals surface area contributed by atoms with Gasteiger partial charge in [0, 0.05) is 32.2 Å². The van der Waals surface area contributed by atoms with E-state index in [9.17, 15) is 26.7 Å². The third-order valence-corrected chi connectivity index (χ3v) is 7.71. The molecule has 2 aliphatic rings. The first-order valence-electron chi connectivity index (χ1n) is 13.9. The van der Waals surface area contributed by atoms with Gasteiger partial charge in [-0.3, -0.25) is 0 Å². The highest BCUT2D eigenvalue weighted by Gasteiger charge is 2.32. The Bertz CT molecular complexity index is 1010. The number of alkyl halides is 4. The molecule has 0 heterocycles. The summed E-state index contributed by atoms with van der Waals surface area (Å²) in [6.45, 7) is 0.575. The van der Waals surface area contributed by atoms with Crippen LogP contribution in [0.3, 0.4) is 0 Å². The minimum atomic E-state index is -4.27. The number of hydrogen-bond donors (Lipinski definition) is 2. The molecule has 0 bridgehead atoms. The zero-order valence-electron chi connectivity index (χ0n) is 23.4. The first kappa shape index (κ1) is 33.7. The third-order valence-electron chi connectivity index (χ3n) is 7.71. The summed E-state index contributed by atoms with van der Waals surface area (Å²) in [6.07, 6.45) is 5.46. The molecule has 2 fully saturated rings. The summed E-state index contributed by atoms with van der Waals surface area (Å²) >= 11 is 0. The van der Waals surface area contributed by atoms with E-state index in [0.29, 0.717) is 49.0 Å². The minimum absolute atomic E-state index is 0.282. The minimum Gasteiger partial charge on any atom is -0.496 e. The van der Waals surface area contributed by atoms with Crippen molar-refractivity contribution in [3.63, 3.8) is 0 Å². The van der Waals surface area contributed by atoms with Gasteiger partial charge < -0.3 is 20.0 Å². The van der Waals surface area contributed by atoms with Crippen molar-refractivity contribution in [3.05, 3.63) is 65.0 Å². The molecule has 2 N–H and O–H groups in total. The van der Waals surface area contributed by atoms with Crippen LogP contribution in [0.25, 0.3) is 0 Å². The van der Waals surface area contributed by atoms with E-state index in [1.807, 2.05) is 0 Å². The second-order valence-corrected chi connectivity index (χ2v) is 10.5. The van der Waals surface area contributed by atoms with Gasteiger partial charge in [0.15, 0.2) is 0 Å². The molecule has 2 aliphatic carbocycles. The molecule has 0 aromatic heterocycles. The van der Waals surface area contributed by atoms with Crippen LogP contribution in [0.1, 0.15) is 86.8 Å². The molecular weight excluding hydrogens is 529 g/mol. The van der Waals surface area contributed by atoms with Crippen LogP contribution < -0.4 is 10.1 Å². The van der Waals surface area contributed by atoms with Crippen LogP contribution >= 0.6 is 0 Å². The largest absolute Gasteiger partial charge is 0.496 e. The molecule has 2 aromatic rings. The summed E-state index contributed by atoms with van der Waals surface area (Å²) in [7, 11) is 2.51. The Morgan fingerprint density at radius 1 is 1.02 bits per heavy atom. The summed E-state index contributed by atoms with van der Waals surface area (Å²) in [5, 5.41) is 10.0. The molecule has 2 saturated carbocycles. The predicted octanol–water partition coefficient (Wildman–Crippen LogP) is 7.77. The highest BCUT2D eigenvalue weighted by atomic mass is 19.4. The highest BCUT2D eigenvalue weighted by molar-refractivity contribution is 5.49. The number of nitrogens with one attached hydrogen (secondary N) is 1. The molecule has 4 nitrogen and oxygen atoms in total. The van der Waals surface area contributed by atoms with Gasteiger partial charge in [-0.2, -0.15) is 13.2 Å². The van der Waals surface area contributed by atoms with E-state index in [4.69, 9.17) is 9.84 Å². The predicted molar refractivity (Wildman–Crippen MR) is 147 cm³/mol. The molecule has 224 valence electrons. The first-order chi connectivity index (χ1) is 19.1. The van der Waals surface area contributed by atoms with E-state index in [-0.39, 0.29) is 12.4 Å². The van der Waals surface area contributed by atoms with Crippen molar-refractivity contribution in [2.45, 2.75) is 88.5 Å². The van der Waals surface area contributed by atoms with Crippen LogP contribution in [0.5, 0.6) is 5.75 Å². The van der Waals surface area contributed by atoms with Crippen LogP contribution in [0.4, 0.5) is 22.0 Å². The Morgan fingerprint density at radius 3 is 2.30 bits per heavy atom. The van der Waals surface area contributed by atoms with Crippen molar-refractivity contribution in [2.24, 2.45) is 5.92 Å². The third kappa shape index (κ3) is 10.5. The van der Waals surface area contributed by atoms with Gasteiger partial charge in [0.25, 0.3) is 0 Å². The second kappa shape index (κ2) is 16.7. The van der Waals surface area contributed by atoms with Crippen LogP contribution in [0.2, 0.25) is 0 Å². The number of methoxy groups -OCH3 is 1. The quantitative estimate of drug-likeness (QED) is 0.251. The van der Waals surface area contributed by atoms with Crippen LogP contribution in [-0.2, 0) is 17.5 Å². The molecule has 40 heavy (non-hydrogen) atoms. The molecule has 2 atom stereocenters. The average molecular weight is 572 g/mol. The van der Waals surface area contributed by atoms with Crippen molar-refractivity contribution < 1.29 is 36.6 Å². The molecule has 0 spiro atoms. The molecule has 9 heteroatoms. The number of halogens is 5. The van der Waals surface area contributed by atoms with Crippen molar-refractivity contribution in [1.82, 2.24) is 5.32 Å². The molecule has 0 saturated heterocycles. The van der Waals surface area contributed by atoms with Crippen LogP contribution in [0, 0.1) is 11.7 Å². The fourth-order valence-electron chi connectivity index (χ4n) is 5.56. The summed E-state index contributed by atoms with van der Waals surface area (Å²) < 4.78 is 70.6. The summed E-state index contributed by atoms with van der Waals surface area (Å²) in [6, 6.07) is 10.2. The summed E-state index contributed by atoms with van der Waals surface area (Å²) in [4.78, 5) is 10.5. The zero-order valence-corrected chi connectivity index (χ0v) is 23.4. The van der Waals surface area contributed by atoms with Crippen molar-refractivity contribution in [2.75, 3.05) is 20.8 Å². The van der Waals surface area contributed by atoms with Gasteiger partial charge >= 0.3 is 6.18 Å².